The lowest BCUT2D eigenvalue weighted by atomic mass is 10.1. The SMILES string of the molecule is CC(CCc1ccccc1)NC(=O)c1ccc(N2CCCC2=O)cc1. The fourth-order valence-corrected chi connectivity index (χ4v) is 3.12. The van der Waals surface area contributed by atoms with Gasteiger partial charge in [-0.15, -0.1) is 0 Å². The Morgan fingerprint density at radius 2 is 1.84 bits per heavy atom. The largest absolute Gasteiger partial charge is 0.350 e. The molecule has 3 rings (SSSR count). The molecule has 4 nitrogen and oxygen atoms in total. The summed E-state index contributed by atoms with van der Waals surface area (Å²) < 4.78 is 0. The Hall–Kier alpha value is -2.62. The van der Waals surface area contributed by atoms with Crippen molar-refractivity contribution in [2.75, 3.05) is 11.4 Å². The van der Waals surface area contributed by atoms with Crippen molar-refractivity contribution >= 4 is 17.5 Å². The van der Waals surface area contributed by atoms with Crippen LogP contribution in [-0.4, -0.2) is 24.4 Å². The Morgan fingerprint density at radius 3 is 2.48 bits per heavy atom. The monoisotopic (exact) mass is 336 g/mol. The van der Waals surface area contributed by atoms with Gasteiger partial charge in [0, 0.05) is 30.3 Å². The van der Waals surface area contributed by atoms with E-state index < -0.39 is 0 Å². The first-order chi connectivity index (χ1) is 12.1. The number of nitrogens with zero attached hydrogens (tertiary/aromatic N) is 1. The molecule has 4 heteroatoms. The van der Waals surface area contributed by atoms with Crippen LogP contribution in [0.5, 0.6) is 0 Å². The summed E-state index contributed by atoms with van der Waals surface area (Å²) in [6, 6.07) is 17.7. The second-order valence-electron chi connectivity index (χ2n) is 6.59. The average molecular weight is 336 g/mol. The number of rotatable bonds is 6. The molecular formula is C21H24N2O2. The quantitative estimate of drug-likeness (QED) is 0.877. The maximum absolute atomic E-state index is 12.4. The fourth-order valence-electron chi connectivity index (χ4n) is 3.12. The van der Waals surface area contributed by atoms with Crippen LogP contribution in [0.15, 0.2) is 54.6 Å². The molecule has 1 aliphatic rings. The van der Waals surface area contributed by atoms with Gasteiger partial charge in [-0.1, -0.05) is 30.3 Å². The number of carbonyl (C=O) groups excluding carboxylic acids is 2. The lowest BCUT2D eigenvalue weighted by Crippen LogP contribution is -2.33. The van der Waals surface area contributed by atoms with Gasteiger partial charge >= 0.3 is 0 Å². The minimum atomic E-state index is -0.0696. The zero-order valence-corrected chi connectivity index (χ0v) is 14.6. The summed E-state index contributed by atoms with van der Waals surface area (Å²) in [6.45, 7) is 2.79. The normalized spacial score (nSPS) is 15.2. The number of nitrogens with one attached hydrogen (secondary N) is 1. The molecule has 0 spiro atoms. The van der Waals surface area contributed by atoms with Crippen molar-refractivity contribution in [2.24, 2.45) is 0 Å². The van der Waals surface area contributed by atoms with E-state index in [2.05, 4.69) is 17.4 Å². The van der Waals surface area contributed by atoms with E-state index in [-0.39, 0.29) is 17.9 Å². The van der Waals surface area contributed by atoms with Crippen molar-refractivity contribution in [3.63, 3.8) is 0 Å². The average Bonchev–Trinajstić information content (AvgIpc) is 3.07. The molecule has 0 saturated carbocycles. The summed E-state index contributed by atoms with van der Waals surface area (Å²) in [6.07, 6.45) is 3.36. The summed E-state index contributed by atoms with van der Waals surface area (Å²) >= 11 is 0. The van der Waals surface area contributed by atoms with Crippen molar-refractivity contribution in [1.29, 1.82) is 0 Å². The molecule has 1 aliphatic heterocycles. The Bertz CT molecular complexity index is 725. The topological polar surface area (TPSA) is 49.4 Å². The molecule has 130 valence electrons. The third-order valence-corrected chi connectivity index (χ3v) is 4.60. The predicted octanol–water partition coefficient (Wildman–Crippen LogP) is 3.56. The van der Waals surface area contributed by atoms with E-state index in [0.717, 1.165) is 31.5 Å². The molecule has 1 atom stereocenters. The first-order valence-corrected chi connectivity index (χ1v) is 8.89. The summed E-state index contributed by atoms with van der Waals surface area (Å²) in [5, 5.41) is 3.04. The molecule has 1 heterocycles. The van der Waals surface area contributed by atoms with Crippen LogP contribution in [0.2, 0.25) is 0 Å². The highest BCUT2D eigenvalue weighted by atomic mass is 16.2. The molecule has 1 fully saturated rings. The van der Waals surface area contributed by atoms with Crippen LogP contribution in [0.25, 0.3) is 0 Å². The van der Waals surface area contributed by atoms with Crippen LogP contribution in [0.3, 0.4) is 0 Å². The first-order valence-electron chi connectivity index (χ1n) is 8.89. The van der Waals surface area contributed by atoms with Gasteiger partial charge in [0.15, 0.2) is 0 Å². The number of anilines is 1. The zero-order valence-electron chi connectivity index (χ0n) is 14.6. The molecule has 1 saturated heterocycles. The van der Waals surface area contributed by atoms with Crippen molar-refractivity contribution in [3.8, 4) is 0 Å². The van der Waals surface area contributed by atoms with E-state index in [1.807, 2.05) is 37.3 Å². The zero-order chi connectivity index (χ0) is 17.6. The number of hydrogen-bond acceptors (Lipinski definition) is 2. The van der Waals surface area contributed by atoms with Gasteiger partial charge in [-0.2, -0.15) is 0 Å². The third-order valence-electron chi connectivity index (χ3n) is 4.60. The molecule has 1 unspecified atom stereocenters. The highest BCUT2D eigenvalue weighted by Gasteiger charge is 2.21. The van der Waals surface area contributed by atoms with Gasteiger partial charge in [0.1, 0.15) is 0 Å². The third kappa shape index (κ3) is 4.47. The van der Waals surface area contributed by atoms with Gasteiger partial charge < -0.3 is 10.2 Å². The molecule has 0 aromatic heterocycles. The maximum Gasteiger partial charge on any atom is 0.251 e. The summed E-state index contributed by atoms with van der Waals surface area (Å²) in [5.41, 5.74) is 2.78. The Morgan fingerprint density at radius 1 is 1.12 bits per heavy atom. The van der Waals surface area contributed by atoms with E-state index in [0.29, 0.717) is 12.0 Å². The molecule has 25 heavy (non-hydrogen) atoms. The van der Waals surface area contributed by atoms with Crippen LogP contribution >= 0.6 is 0 Å². The number of benzene rings is 2. The van der Waals surface area contributed by atoms with E-state index in [4.69, 9.17) is 0 Å². The highest BCUT2D eigenvalue weighted by Crippen LogP contribution is 2.21. The van der Waals surface area contributed by atoms with E-state index >= 15 is 0 Å². The lowest BCUT2D eigenvalue weighted by molar-refractivity contribution is -0.117. The second kappa shape index (κ2) is 7.97. The Labute approximate surface area is 148 Å². The van der Waals surface area contributed by atoms with E-state index in [1.54, 1.807) is 17.0 Å². The minimum Gasteiger partial charge on any atom is -0.350 e. The van der Waals surface area contributed by atoms with Gasteiger partial charge in [-0.3, -0.25) is 9.59 Å². The van der Waals surface area contributed by atoms with Gasteiger partial charge in [-0.05, 0) is 56.0 Å². The molecular weight excluding hydrogens is 312 g/mol. The number of aryl methyl sites for hydroxylation is 1. The van der Waals surface area contributed by atoms with E-state index in [1.165, 1.54) is 5.56 Å². The summed E-state index contributed by atoms with van der Waals surface area (Å²) in [4.78, 5) is 25.9. The summed E-state index contributed by atoms with van der Waals surface area (Å²) in [5.74, 6) is 0.0894. The number of amides is 2. The molecule has 1 N–H and O–H groups in total. The van der Waals surface area contributed by atoms with Crippen molar-refractivity contribution in [3.05, 3.63) is 65.7 Å². The summed E-state index contributed by atoms with van der Waals surface area (Å²) in [7, 11) is 0. The molecule has 2 aromatic rings. The van der Waals surface area contributed by atoms with Crippen molar-refractivity contribution in [1.82, 2.24) is 5.32 Å². The molecule has 2 amide bonds. The lowest BCUT2D eigenvalue weighted by Gasteiger charge is -2.17. The number of carbonyl (C=O) groups is 2. The highest BCUT2D eigenvalue weighted by molar-refractivity contribution is 5.97. The van der Waals surface area contributed by atoms with Gasteiger partial charge in [0.05, 0.1) is 0 Å². The first kappa shape index (κ1) is 17.2. The van der Waals surface area contributed by atoms with Crippen molar-refractivity contribution in [2.45, 2.75) is 38.6 Å². The van der Waals surface area contributed by atoms with Crippen molar-refractivity contribution < 1.29 is 9.59 Å². The Balaban J connectivity index is 1.53. The maximum atomic E-state index is 12.4. The standard InChI is InChI=1S/C21H24N2O2/c1-16(9-10-17-6-3-2-4-7-17)22-21(25)18-11-13-19(14-12-18)23-15-5-8-20(23)24/h2-4,6-7,11-14,16H,5,8-10,15H2,1H3,(H,22,25). The fraction of sp³-hybridized carbons (Fsp3) is 0.333. The Kier molecular flexibility index (Phi) is 5.49. The minimum absolute atomic E-state index is 0.0696. The molecule has 0 bridgehead atoms. The van der Waals surface area contributed by atoms with Crippen LogP contribution in [0, 0.1) is 0 Å². The molecule has 0 radical (unpaired) electrons. The van der Waals surface area contributed by atoms with Gasteiger partial charge in [-0.25, -0.2) is 0 Å². The van der Waals surface area contributed by atoms with Crippen LogP contribution < -0.4 is 10.2 Å². The van der Waals surface area contributed by atoms with Gasteiger partial charge in [0.2, 0.25) is 5.91 Å². The second-order valence-corrected chi connectivity index (χ2v) is 6.59. The predicted molar refractivity (Wildman–Crippen MR) is 99.7 cm³/mol. The van der Waals surface area contributed by atoms with Gasteiger partial charge in [0.25, 0.3) is 5.91 Å². The number of hydrogen-bond donors (Lipinski definition) is 1. The van der Waals surface area contributed by atoms with Crippen LogP contribution in [-0.2, 0) is 11.2 Å². The smallest absolute Gasteiger partial charge is 0.251 e. The van der Waals surface area contributed by atoms with Crippen LogP contribution in [0.1, 0.15) is 42.1 Å². The van der Waals surface area contributed by atoms with E-state index in [9.17, 15) is 9.59 Å². The molecule has 0 aliphatic carbocycles. The van der Waals surface area contributed by atoms with Crippen LogP contribution in [0.4, 0.5) is 5.69 Å². The molecule has 2 aromatic carbocycles.